The molecule has 0 bridgehead atoms. The van der Waals surface area contributed by atoms with Crippen molar-refractivity contribution in [1.82, 2.24) is 0 Å². The van der Waals surface area contributed by atoms with E-state index in [1.165, 1.54) is 12.1 Å². The zero-order chi connectivity index (χ0) is 9.84. The molecule has 0 aliphatic rings. The van der Waals surface area contributed by atoms with E-state index >= 15 is 0 Å². The smallest absolute Gasteiger partial charge is 0.320 e. The van der Waals surface area contributed by atoms with Gasteiger partial charge in [0.05, 0.1) is 0 Å². The lowest BCUT2D eigenvalue weighted by Crippen LogP contribution is -2.32. The van der Waals surface area contributed by atoms with Crippen LogP contribution < -0.4 is 5.73 Å². The number of carboxylic acid groups (broad SMARTS) is 1. The average Bonchev–Trinajstić information content (AvgIpc) is 2.08. The number of benzene rings is 1. The molecule has 0 saturated carbocycles. The molecule has 4 heteroatoms. The molecule has 1 aromatic rings. The highest BCUT2D eigenvalue weighted by Gasteiger charge is 2.13. The van der Waals surface area contributed by atoms with Crippen LogP contribution in [0.4, 0.5) is 4.39 Å². The monoisotopic (exact) mass is 183 g/mol. The van der Waals surface area contributed by atoms with E-state index in [-0.39, 0.29) is 6.42 Å². The van der Waals surface area contributed by atoms with E-state index in [0.29, 0.717) is 5.56 Å². The maximum Gasteiger partial charge on any atom is 0.320 e. The fourth-order valence-corrected chi connectivity index (χ4v) is 0.988. The molecule has 0 saturated heterocycles. The molecule has 0 spiro atoms. The molecule has 0 fully saturated rings. The molecule has 0 amide bonds. The first kappa shape index (κ1) is 9.67. The summed E-state index contributed by atoms with van der Waals surface area (Å²) in [5.41, 5.74) is 5.58. The Balaban J connectivity index is 2.74. The van der Waals surface area contributed by atoms with Crippen molar-refractivity contribution in [2.24, 2.45) is 5.73 Å². The Hall–Kier alpha value is -1.42. The predicted octanol–water partition coefficient (Wildman–Crippen LogP) is 0.780. The summed E-state index contributed by atoms with van der Waals surface area (Å²) in [6, 6.07) is 4.96. The standard InChI is InChI=1S/C9H10FNO2/c10-7-4-2-1-3-6(7)5-8(11)9(12)13/h1-4,8H,5,11H2,(H,12,13)/t8-/m1/s1. The van der Waals surface area contributed by atoms with Crippen LogP contribution in [0.25, 0.3) is 0 Å². The van der Waals surface area contributed by atoms with Crippen LogP contribution in [-0.2, 0) is 11.2 Å². The summed E-state index contributed by atoms with van der Waals surface area (Å²) >= 11 is 0. The minimum absolute atomic E-state index is 0.0159. The van der Waals surface area contributed by atoms with Gasteiger partial charge in [-0.3, -0.25) is 4.79 Å². The van der Waals surface area contributed by atoms with Crippen LogP contribution in [0.5, 0.6) is 0 Å². The second-order valence-corrected chi connectivity index (χ2v) is 2.74. The number of carboxylic acids is 1. The van der Waals surface area contributed by atoms with Crippen molar-refractivity contribution < 1.29 is 14.3 Å². The minimum Gasteiger partial charge on any atom is -0.480 e. The van der Waals surface area contributed by atoms with Gasteiger partial charge in [0.1, 0.15) is 11.9 Å². The van der Waals surface area contributed by atoms with E-state index in [2.05, 4.69) is 0 Å². The van der Waals surface area contributed by atoms with Crippen molar-refractivity contribution in [3.05, 3.63) is 35.6 Å². The maximum atomic E-state index is 13.0. The number of carbonyl (C=O) groups is 1. The van der Waals surface area contributed by atoms with Crippen LogP contribution in [0.2, 0.25) is 0 Å². The van der Waals surface area contributed by atoms with E-state index in [0.717, 1.165) is 0 Å². The molecule has 0 aliphatic carbocycles. The summed E-state index contributed by atoms with van der Waals surface area (Å²) in [4.78, 5) is 10.4. The van der Waals surface area contributed by atoms with Crippen molar-refractivity contribution >= 4 is 5.97 Å². The molecule has 3 N–H and O–H groups in total. The molecule has 0 heterocycles. The maximum absolute atomic E-state index is 13.0. The van der Waals surface area contributed by atoms with Gasteiger partial charge >= 0.3 is 5.97 Å². The molecule has 0 aliphatic heterocycles. The van der Waals surface area contributed by atoms with Crippen molar-refractivity contribution in [1.29, 1.82) is 0 Å². The van der Waals surface area contributed by atoms with Crippen LogP contribution in [0.3, 0.4) is 0 Å². The predicted molar refractivity (Wildman–Crippen MR) is 45.7 cm³/mol. The van der Waals surface area contributed by atoms with E-state index in [1.54, 1.807) is 12.1 Å². The number of nitrogens with two attached hydrogens (primary N) is 1. The Morgan fingerprint density at radius 2 is 2.15 bits per heavy atom. The molecule has 0 radical (unpaired) electrons. The summed E-state index contributed by atoms with van der Waals surface area (Å²) in [6.45, 7) is 0. The average molecular weight is 183 g/mol. The molecular weight excluding hydrogens is 173 g/mol. The third kappa shape index (κ3) is 2.52. The molecule has 1 rings (SSSR count). The quantitative estimate of drug-likeness (QED) is 0.727. The number of hydrogen-bond donors (Lipinski definition) is 2. The summed E-state index contributed by atoms with van der Waals surface area (Å²) in [7, 11) is 0. The van der Waals surface area contributed by atoms with E-state index in [1.807, 2.05) is 0 Å². The van der Waals surface area contributed by atoms with Crippen molar-refractivity contribution in [2.45, 2.75) is 12.5 Å². The fourth-order valence-electron chi connectivity index (χ4n) is 0.988. The van der Waals surface area contributed by atoms with Crippen LogP contribution in [0.1, 0.15) is 5.56 Å². The number of aliphatic carboxylic acids is 1. The zero-order valence-corrected chi connectivity index (χ0v) is 6.90. The van der Waals surface area contributed by atoms with Gasteiger partial charge in [-0.1, -0.05) is 18.2 Å². The van der Waals surface area contributed by atoms with E-state index < -0.39 is 17.8 Å². The van der Waals surface area contributed by atoms with Crippen molar-refractivity contribution in [3.63, 3.8) is 0 Å². The molecule has 1 atom stereocenters. The van der Waals surface area contributed by atoms with Gasteiger partial charge in [0.25, 0.3) is 0 Å². The minimum atomic E-state index is -1.12. The molecule has 3 nitrogen and oxygen atoms in total. The number of halogens is 1. The van der Waals surface area contributed by atoms with E-state index in [9.17, 15) is 9.18 Å². The molecule has 0 unspecified atom stereocenters. The second-order valence-electron chi connectivity index (χ2n) is 2.74. The van der Waals surface area contributed by atoms with Crippen LogP contribution in [-0.4, -0.2) is 17.1 Å². The van der Waals surface area contributed by atoms with Crippen LogP contribution in [0, 0.1) is 5.82 Å². The van der Waals surface area contributed by atoms with Crippen molar-refractivity contribution in [2.75, 3.05) is 0 Å². The largest absolute Gasteiger partial charge is 0.480 e. The Labute approximate surface area is 75.0 Å². The van der Waals surface area contributed by atoms with Gasteiger partial charge < -0.3 is 10.8 Å². The van der Waals surface area contributed by atoms with Gasteiger partial charge in [-0.05, 0) is 11.6 Å². The lowest BCUT2D eigenvalue weighted by Gasteiger charge is -2.06. The fraction of sp³-hybridized carbons (Fsp3) is 0.222. The first-order valence-electron chi connectivity index (χ1n) is 3.83. The Kier molecular flexibility index (Phi) is 2.97. The normalized spacial score (nSPS) is 12.5. The summed E-state index contributed by atoms with van der Waals surface area (Å²) in [5, 5.41) is 8.49. The van der Waals surface area contributed by atoms with Gasteiger partial charge in [0, 0.05) is 6.42 Å². The molecular formula is C9H10FNO2. The van der Waals surface area contributed by atoms with Gasteiger partial charge in [-0.25, -0.2) is 4.39 Å². The summed E-state index contributed by atoms with van der Waals surface area (Å²) in [5.74, 6) is -1.54. The SMILES string of the molecule is N[C@H](Cc1ccccc1F)C(=O)O. The topological polar surface area (TPSA) is 63.3 Å². The van der Waals surface area contributed by atoms with Gasteiger partial charge in [0.2, 0.25) is 0 Å². The summed E-state index contributed by atoms with van der Waals surface area (Å²) < 4.78 is 13.0. The van der Waals surface area contributed by atoms with Gasteiger partial charge in [0.15, 0.2) is 0 Å². The highest BCUT2D eigenvalue weighted by Crippen LogP contribution is 2.08. The highest BCUT2D eigenvalue weighted by molar-refractivity contribution is 5.73. The first-order valence-corrected chi connectivity index (χ1v) is 3.83. The zero-order valence-electron chi connectivity index (χ0n) is 6.90. The lowest BCUT2D eigenvalue weighted by atomic mass is 10.1. The van der Waals surface area contributed by atoms with Crippen LogP contribution >= 0.6 is 0 Å². The van der Waals surface area contributed by atoms with Crippen molar-refractivity contribution in [3.8, 4) is 0 Å². The van der Waals surface area contributed by atoms with E-state index in [4.69, 9.17) is 10.8 Å². The molecule has 70 valence electrons. The molecule has 13 heavy (non-hydrogen) atoms. The Morgan fingerprint density at radius 3 is 2.69 bits per heavy atom. The third-order valence-corrected chi connectivity index (χ3v) is 1.71. The third-order valence-electron chi connectivity index (χ3n) is 1.71. The number of hydrogen-bond acceptors (Lipinski definition) is 2. The lowest BCUT2D eigenvalue weighted by molar-refractivity contribution is -0.138. The highest BCUT2D eigenvalue weighted by atomic mass is 19.1. The van der Waals surface area contributed by atoms with Gasteiger partial charge in [-0.15, -0.1) is 0 Å². The molecule has 1 aromatic carbocycles. The Morgan fingerprint density at radius 1 is 1.54 bits per heavy atom. The second kappa shape index (κ2) is 4.00. The summed E-state index contributed by atoms with van der Waals surface area (Å²) in [6.07, 6.45) is 0.0159. The molecule has 0 aromatic heterocycles. The first-order chi connectivity index (χ1) is 6.11. The van der Waals surface area contributed by atoms with Crippen LogP contribution in [0.15, 0.2) is 24.3 Å². The number of rotatable bonds is 3. The Bertz CT molecular complexity index is 314. The van der Waals surface area contributed by atoms with Gasteiger partial charge in [-0.2, -0.15) is 0 Å².